The third-order valence-electron chi connectivity index (χ3n) is 8.57. The average molecular weight is 543 g/mol. The van der Waals surface area contributed by atoms with Gasteiger partial charge in [0, 0.05) is 31.0 Å². The fourth-order valence-electron chi connectivity index (χ4n) is 6.23. The van der Waals surface area contributed by atoms with Crippen LogP contribution in [0.15, 0.2) is 53.8 Å². The molecule has 3 aromatic heterocycles. The van der Waals surface area contributed by atoms with Gasteiger partial charge >= 0.3 is 11.9 Å². The molecule has 1 atom stereocenters. The Bertz CT molecular complexity index is 1610. The van der Waals surface area contributed by atoms with Crippen LogP contribution in [0.5, 0.6) is 0 Å². The second-order valence-corrected chi connectivity index (χ2v) is 11.4. The number of halogens is 4. The van der Waals surface area contributed by atoms with E-state index in [2.05, 4.69) is 22.4 Å². The first-order chi connectivity index (χ1) is 18.4. The van der Waals surface area contributed by atoms with E-state index >= 15 is 0 Å². The molecule has 0 aliphatic heterocycles. The van der Waals surface area contributed by atoms with Gasteiger partial charge in [0.05, 0.1) is 22.2 Å². The van der Waals surface area contributed by atoms with Gasteiger partial charge in [0.15, 0.2) is 0 Å². The molecule has 2 aliphatic carbocycles. The molecule has 0 amide bonds. The third kappa shape index (κ3) is 4.18. The number of alkyl halides is 4. The maximum absolute atomic E-state index is 14.2. The zero-order valence-electron chi connectivity index (χ0n) is 22.0. The molecule has 2 fully saturated rings. The summed E-state index contributed by atoms with van der Waals surface area (Å²) in [5.74, 6) is 0.605. The van der Waals surface area contributed by atoms with E-state index in [0.29, 0.717) is 17.1 Å². The minimum atomic E-state index is -4.65. The summed E-state index contributed by atoms with van der Waals surface area (Å²) in [6.45, 7) is 3.88. The molecular weight excluding hydrogens is 512 g/mol. The Morgan fingerprint density at radius 3 is 2.49 bits per heavy atom. The second-order valence-electron chi connectivity index (χ2n) is 11.4. The Hall–Kier alpha value is -3.47. The van der Waals surface area contributed by atoms with Crippen LogP contribution in [0.25, 0.3) is 11.2 Å². The minimum Gasteiger partial charge on any atom is -0.320 e. The number of hydrogen-bond acceptors (Lipinski definition) is 4. The number of aromatic nitrogens is 5. The van der Waals surface area contributed by atoms with Crippen LogP contribution in [-0.4, -0.2) is 35.4 Å². The number of hydrogen-bond donors (Lipinski definition) is 1. The third-order valence-corrected chi connectivity index (χ3v) is 8.57. The zero-order chi connectivity index (χ0) is 27.7. The maximum Gasteiger partial charge on any atom is 0.418 e. The molecule has 39 heavy (non-hydrogen) atoms. The molecule has 1 N–H and O–H groups in total. The highest BCUT2D eigenvalue weighted by molar-refractivity contribution is 5.58. The predicted molar refractivity (Wildman–Crippen MR) is 138 cm³/mol. The zero-order valence-corrected chi connectivity index (χ0v) is 22.0. The number of imidazole rings is 1. The molecule has 0 spiro atoms. The Morgan fingerprint density at radius 2 is 1.90 bits per heavy atom. The van der Waals surface area contributed by atoms with Crippen molar-refractivity contribution >= 4 is 5.52 Å². The molecule has 0 saturated heterocycles. The van der Waals surface area contributed by atoms with Gasteiger partial charge in [0.25, 0.3) is 0 Å². The van der Waals surface area contributed by atoms with Crippen molar-refractivity contribution in [1.29, 1.82) is 0 Å². The second kappa shape index (κ2) is 8.77. The molecule has 1 aromatic carbocycles. The normalized spacial score (nSPS) is 23.4. The summed E-state index contributed by atoms with van der Waals surface area (Å²) in [6.07, 6.45) is 2.02. The molecule has 2 saturated carbocycles. The van der Waals surface area contributed by atoms with Crippen LogP contribution in [0, 0.1) is 0 Å². The number of rotatable bonds is 6. The van der Waals surface area contributed by atoms with Crippen molar-refractivity contribution in [3.8, 4) is 5.69 Å². The molecule has 0 unspecified atom stereocenters. The van der Waals surface area contributed by atoms with E-state index in [-0.39, 0.29) is 29.9 Å². The first-order valence-electron chi connectivity index (χ1n) is 13.1. The summed E-state index contributed by atoms with van der Waals surface area (Å²) in [5.41, 5.74) is -1.03. The van der Waals surface area contributed by atoms with Crippen molar-refractivity contribution in [1.82, 2.24) is 29.0 Å². The number of nitrogens with one attached hydrogen (secondary N) is 1. The van der Waals surface area contributed by atoms with E-state index in [4.69, 9.17) is 0 Å². The summed E-state index contributed by atoms with van der Waals surface area (Å²) in [5, 5.41) is 11.6. The molecule has 2 aliphatic rings. The van der Waals surface area contributed by atoms with Crippen molar-refractivity contribution in [3.63, 3.8) is 0 Å². The monoisotopic (exact) mass is 542 g/mol. The average Bonchev–Trinajstić information content (AvgIpc) is 3.43. The van der Waals surface area contributed by atoms with Gasteiger partial charge in [-0.25, -0.2) is 9.18 Å². The predicted octanol–water partition coefficient (Wildman–Crippen LogP) is 5.25. The summed E-state index contributed by atoms with van der Waals surface area (Å²) < 4.78 is 60.9. The van der Waals surface area contributed by atoms with Crippen LogP contribution in [0.4, 0.5) is 17.6 Å². The van der Waals surface area contributed by atoms with E-state index in [1.165, 1.54) is 17.0 Å². The Balaban J connectivity index is 1.46. The van der Waals surface area contributed by atoms with Crippen molar-refractivity contribution in [3.05, 3.63) is 82.1 Å². The minimum absolute atomic E-state index is 0.122. The van der Waals surface area contributed by atoms with Crippen molar-refractivity contribution in [2.45, 2.75) is 75.3 Å². The molecule has 4 aromatic rings. The fourth-order valence-corrected chi connectivity index (χ4v) is 6.23. The van der Waals surface area contributed by atoms with Gasteiger partial charge in [-0.1, -0.05) is 12.1 Å². The lowest BCUT2D eigenvalue weighted by molar-refractivity contribution is -0.136. The van der Waals surface area contributed by atoms with Crippen LogP contribution in [0.3, 0.4) is 0 Å². The van der Waals surface area contributed by atoms with Crippen molar-refractivity contribution < 1.29 is 17.6 Å². The summed E-state index contributed by atoms with van der Waals surface area (Å²) in [6, 6.07) is 7.71. The maximum atomic E-state index is 14.2. The quantitative estimate of drug-likeness (QED) is 0.338. The van der Waals surface area contributed by atoms with E-state index < -0.39 is 29.0 Å². The van der Waals surface area contributed by atoms with Crippen molar-refractivity contribution in [2.24, 2.45) is 7.05 Å². The molecule has 3 heterocycles. The molecule has 0 radical (unpaired) electrons. The van der Waals surface area contributed by atoms with Gasteiger partial charge in [-0.15, -0.1) is 10.2 Å². The number of fused-ring (bicyclic) bond motifs is 1. The standard InChI is InChI=1S/C28H30F4N6O/c1-17(34-26(2)8-5-9-26)18-10-22(28(30,31)32)23-15-37(25(39)38(23)14-18)21-7-4-6-19(11-21)27(12-20(29)13-27)24-35-33-16-36(24)3/h4,6-7,10-11,14-17,20,34H,5,8-9,12-13H2,1-3H3/t17-,20-,27-/m0/s1. The van der Waals surface area contributed by atoms with Crippen LogP contribution in [0.2, 0.25) is 0 Å². The smallest absolute Gasteiger partial charge is 0.320 e. The van der Waals surface area contributed by atoms with Crippen LogP contribution >= 0.6 is 0 Å². The van der Waals surface area contributed by atoms with Gasteiger partial charge in [-0.3, -0.25) is 8.97 Å². The van der Waals surface area contributed by atoms with E-state index in [1.807, 2.05) is 13.0 Å². The lowest BCUT2D eigenvalue weighted by atomic mass is 9.62. The molecule has 11 heteroatoms. The summed E-state index contributed by atoms with van der Waals surface area (Å²) in [7, 11) is 1.79. The summed E-state index contributed by atoms with van der Waals surface area (Å²) in [4.78, 5) is 13.6. The SMILES string of the molecule is C[C@H](NC1(C)CCC1)c1cc(C(F)(F)F)c2cn(-c3cccc([C@]4(c5nncn5C)C[C@H](F)C4)c3)c(=O)n2c1. The molecular formula is C28H30F4N6O. The fraction of sp³-hybridized carbons (Fsp3) is 0.464. The van der Waals surface area contributed by atoms with Gasteiger partial charge < -0.3 is 9.88 Å². The van der Waals surface area contributed by atoms with E-state index in [9.17, 15) is 22.4 Å². The van der Waals surface area contributed by atoms with Gasteiger partial charge in [-0.05, 0) is 75.3 Å². The highest BCUT2D eigenvalue weighted by Gasteiger charge is 2.50. The van der Waals surface area contributed by atoms with E-state index in [1.54, 1.807) is 36.1 Å². The summed E-state index contributed by atoms with van der Waals surface area (Å²) >= 11 is 0. The Kier molecular flexibility index (Phi) is 5.80. The van der Waals surface area contributed by atoms with Gasteiger partial charge in [0.1, 0.15) is 18.3 Å². The number of benzene rings is 1. The van der Waals surface area contributed by atoms with Gasteiger partial charge in [0.2, 0.25) is 0 Å². The Morgan fingerprint density at radius 1 is 1.15 bits per heavy atom. The number of pyridine rings is 1. The van der Waals surface area contributed by atoms with Crippen LogP contribution < -0.4 is 11.0 Å². The van der Waals surface area contributed by atoms with Gasteiger partial charge in [-0.2, -0.15) is 13.2 Å². The lowest BCUT2D eigenvalue weighted by Crippen LogP contribution is -2.49. The molecule has 0 bridgehead atoms. The highest BCUT2D eigenvalue weighted by Crippen LogP contribution is 2.50. The van der Waals surface area contributed by atoms with Crippen LogP contribution in [0.1, 0.15) is 74.5 Å². The van der Waals surface area contributed by atoms with Crippen LogP contribution in [-0.2, 0) is 18.6 Å². The highest BCUT2D eigenvalue weighted by atomic mass is 19.4. The number of nitrogens with zero attached hydrogens (tertiary/aromatic N) is 5. The first kappa shape index (κ1) is 25.8. The first-order valence-corrected chi connectivity index (χ1v) is 13.1. The molecule has 206 valence electrons. The van der Waals surface area contributed by atoms with Crippen molar-refractivity contribution in [2.75, 3.05) is 0 Å². The molecule has 6 rings (SSSR count). The Labute approximate surface area is 222 Å². The number of aryl methyl sites for hydroxylation is 1. The lowest BCUT2D eigenvalue weighted by Gasteiger charge is -2.43. The molecule has 7 nitrogen and oxygen atoms in total. The topological polar surface area (TPSA) is 69.2 Å². The largest absolute Gasteiger partial charge is 0.418 e. The van der Waals surface area contributed by atoms with E-state index in [0.717, 1.165) is 35.3 Å².